The van der Waals surface area contributed by atoms with Crippen molar-refractivity contribution in [2.24, 2.45) is 5.92 Å². The zero-order valence-corrected chi connectivity index (χ0v) is 31.9. The average molecular weight is 715 g/mol. The van der Waals surface area contributed by atoms with Crippen LogP contribution in [0.2, 0.25) is 0 Å². The molecule has 0 saturated heterocycles. The third-order valence-electron chi connectivity index (χ3n) is 13.0. The molecule has 7 aromatic carbocycles. The van der Waals surface area contributed by atoms with Crippen LogP contribution < -0.4 is 10.2 Å². The highest BCUT2D eigenvalue weighted by Crippen LogP contribution is 2.56. The van der Waals surface area contributed by atoms with Crippen LogP contribution in [-0.2, 0) is 10.8 Å². The highest BCUT2D eigenvalue weighted by atomic mass is 32.2. The largest absolute Gasteiger partial charge is 0.368 e. The summed E-state index contributed by atoms with van der Waals surface area (Å²) in [6.07, 6.45) is 9.27. The first-order valence-electron chi connectivity index (χ1n) is 19.3. The lowest BCUT2D eigenvalue weighted by molar-refractivity contribution is 0.394. The zero-order valence-electron chi connectivity index (χ0n) is 31.1. The van der Waals surface area contributed by atoms with Crippen LogP contribution in [0, 0.1) is 5.92 Å². The van der Waals surface area contributed by atoms with Crippen LogP contribution in [0.1, 0.15) is 66.8 Å². The second kappa shape index (κ2) is 11.5. The lowest BCUT2D eigenvalue weighted by atomic mass is 9.74. The van der Waals surface area contributed by atoms with Gasteiger partial charge in [0.15, 0.2) is 0 Å². The molecule has 4 aliphatic rings. The van der Waals surface area contributed by atoms with Gasteiger partial charge in [0.2, 0.25) is 0 Å². The van der Waals surface area contributed by atoms with Crippen LogP contribution in [0.15, 0.2) is 163 Å². The predicted octanol–water partition coefficient (Wildman–Crippen LogP) is 14.1. The Bertz CT molecular complexity index is 2750. The Morgan fingerprint density at radius 2 is 1.28 bits per heavy atom. The van der Waals surface area contributed by atoms with Gasteiger partial charge in [-0.25, -0.2) is 0 Å². The van der Waals surface area contributed by atoms with Gasteiger partial charge in [0.1, 0.15) is 5.37 Å². The molecule has 0 aromatic heterocycles. The fraction of sp³-hybridized carbons (Fsp3) is 0.176. The van der Waals surface area contributed by atoms with E-state index in [1.807, 2.05) is 11.8 Å². The quantitative estimate of drug-likeness (QED) is 0.183. The van der Waals surface area contributed by atoms with Crippen LogP contribution in [0.25, 0.3) is 32.7 Å². The maximum Gasteiger partial charge on any atom is 0.103 e. The Morgan fingerprint density at radius 1 is 0.593 bits per heavy atom. The van der Waals surface area contributed by atoms with Gasteiger partial charge in [0.05, 0.1) is 5.69 Å². The van der Waals surface area contributed by atoms with Crippen molar-refractivity contribution in [2.75, 3.05) is 10.2 Å². The predicted molar refractivity (Wildman–Crippen MR) is 230 cm³/mol. The van der Waals surface area contributed by atoms with E-state index in [1.165, 1.54) is 88.1 Å². The first-order chi connectivity index (χ1) is 26.3. The molecule has 1 heterocycles. The van der Waals surface area contributed by atoms with E-state index in [2.05, 4.69) is 196 Å². The van der Waals surface area contributed by atoms with Gasteiger partial charge in [-0.2, -0.15) is 0 Å². The van der Waals surface area contributed by atoms with Crippen molar-refractivity contribution in [3.05, 3.63) is 186 Å². The van der Waals surface area contributed by atoms with Crippen LogP contribution in [0.5, 0.6) is 0 Å². The van der Waals surface area contributed by atoms with Crippen molar-refractivity contribution in [3.8, 4) is 11.1 Å². The van der Waals surface area contributed by atoms with E-state index in [0.29, 0.717) is 11.8 Å². The molecular formula is C51H42N2S. The fourth-order valence-electron chi connectivity index (χ4n) is 10.2. The van der Waals surface area contributed by atoms with Gasteiger partial charge >= 0.3 is 0 Å². The Kier molecular flexibility index (Phi) is 6.81. The van der Waals surface area contributed by atoms with Gasteiger partial charge in [-0.3, -0.25) is 0 Å². The van der Waals surface area contributed by atoms with Gasteiger partial charge < -0.3 is 10.2 Å². The molecule has 0 radical (unpaired) electrons. The number of fused-ring (bicyclic) bond motifs is 11. The third kappa shape index (κ3) is 4.54. The molecular weight excluding hydrogens is 673 g/mol. The molecule has 3 unspecified atom stereocenters. The summed E-state index contributed by atoms with van der Waals surface area (Å²) in [6, 6.07) is 50.4. The van der Waals surface area contributed by atoms with Crippen molar-refractivity contribution in [1.29, 1.82) is 0 Å². The van der Waals surface area contributed by atoms with E-state index in [0.717, 1.165) is 0 Å². The van der Waals surface area contributed by atoms with Gasteiger partial charge in [-0.1, -0.05) is 155 Å². The van der Waals surface area contributed by atoms with E-state index in [4.69, 9.17) is 0 Å². The van der Waals surface area contributed by atoms with E-state index in [9.17, 15) is 0 Å². The van der Waals surface area contributed by atoms with E-state index in [-0.39, 0.29) is 16.2 Å². The molecule has 0 amide bonds. The molecule has 262 valence electrons. The molecule has 0 fully saturated rings. The highest BCUT2D eigenvalue weighted by Gasteiger charge is 2.45. The molecule has 0 spiro atoms. The minimum atomic E-state index is -0.0901. The van der Waals surface area contributed by atoms with Gasteiger partial charge in [0.25, 0.3) is 0 Å². The highest BCUT2D eigenvalue weighted by molar-refractivity contribution is 8.00. The number of nitrogens with zero attached hydrogens (tertiary/aromatic N) is 1. The Hall–Kier alpha value is -5.51. The van der Waals surface area contributed by atoms with Crippen molar-refractivity contribution < 1.29 is 0 Å². The van der Waals surface area contributed by atoms with Crippen LogP contribution in [0.3, 0.4) is 0 Å². The summed E-state index contributed by atoms with van der Waals surface area (Å²) in [5.41, 5.74) is 14.4. The van der Waals surface area contributed by atoms with Crippen LogP contribution in [0.4, 0.5) is 22.7 Å². The fourth-order valence-corrected chi connectivity index (χ4v) is 11.3. The van der Waals surface area contributed by atoms with Crippen LogP contribution in [-0.4, -0.2) is 0 Å². The lowest BCUT2D eigenvalue weighted by Crippen LogP contribution is -2.24. The van der Waals surface area contributed by atoms with E-state index < -0.39 is 0 Å². The SMILES string of the molecule is CC1(C)c2ccccc2-c2ccc(N(c3ccc4c(c3)C(C)(C)C3C=CC=CC43)c3ccc4c(ccc5ccc6c(c54)NC(c4ccccc4)S6)c3)cc21. The van der Waals surface area contributed by atoms with Gasteiger partial charge in [-0.15, -0.1) is 0 Å². The van der Waals surface area contributed by atoms with Crippen molar-refractivity contribution >= 4 is 56.1 Å². The first kappa shape index (κ1) is 32.0. The summed E-state index contributed by atoms with van der Waals surface area (Å²) >= 11 is 1.91. The molecule has 7 aromatic rings. The number of benzene rings is 7. The molecule has 1 aliphatic heterocycles. The maximum atomic E-state index is 3.91. The Morgan fingerprint density at radius 3 is 2.15 bits per heavy atom. The number of anilines is 4. The minimum absolute atomic E-state index is 0.0236. The second-order valence-corrected chi connectivity index (χ2v) is 17.8. The van der Waals surface area contributed by atoms with E-state index in [1.54, 1.807) is 0 Å². The summed E-state index contributed by atoms with van der Waals surface area (Å²) in [5, 5.41) is 9.19. The summed E-state index contributed by atoms with van der Waals surface area (Å²) in [4.78, 5) is 3.81. The molecule has 3 heteroatoms. The van der Waals surface area contributed by atoms with Gasteiger partial charge in [-0.05, 0) is 109 Å². The monoisotopic (exact) mass is 714 g/mol. The summed E-state index contributed by atoms with van der Waals surface area (Å²) in [6.45, 7) is 9.61. The smallest absolute Gasteiger partial charge is 0.103 e. The minimum Gasteiger partial charge on any atom is -0.368 e. The van der Waals surface area contributed by atoms with Crippen molar-refractivity contribution in [2.45, 2.75) is 54.7 Å². The number of thioether (sulfide) groups is 1. The second-order valence-electron chi connectivity index (χ2n) is 16.6. The average Bonchev–Trinajstić information content (AvgIpc) is 3.82. The van der Waals surface area contributed by atoms with Gasteiger partial charge in [0, 0.05) is 38.7 Å². The number of rotatable bonds is 4. The number of hydrogen-bond donors (Lipinski definition) is 1. The number of hydrogen-bond acceptors (Lipinski definition) is 3. The summed E-state index contributed by atoms with van der Waals surface area (Å²) < 4.78 is 0. The van der Waals surface area contributed by atoms with Crippen molar-refractivity contribution in [1.82, 2.24) is 0 Å². The first-order valence-corrected chi connectivity index (χ1v) is 20.2. The third-order valence-corrected chi connectivity index (χ3v) is 14.2. The molecule has 0 bridgehead atoms. The number of nitrogens with one attached hydrogen (secondary N) is 1. The molecule has 1 N–H and O–H groups in total. The lowest BCUT2D eigenvalue weighted by Gasteiger charge is -2.31. The molecule has 11 rings (SSSR count). The Labute approximate surface area is 322 Å². The summed E-state index contributed by atoms with van der Waals surface area (Å²) in [7, 11) is 0. The molecule has 3 aliphatic carbocycles. The molecule has 2 nitrogen and oxygen atoms in total. The molecule has 3 atom stereocenters. The summed E-state index contributed by atoms with van der Waals surface area (Å²) in [5.74, 6) is 0.884. The standard InChI is InChI=1S/C51H42N2S/c1-50(2)42-16-10-8-14-38(42)40-25-22-35(29-44(40)50)53(36-23-26-41-39-15-9-11-17-43(39)51(3,4)45(41)30-36)34-21-24-37-33(28-34)19-18-31-20-27-46-48(47(31)37)52-49(54-46)32-12-6-5-7-13-32/h5-30,38,42,49,52H,1-4H3. The van der Waals surface area contributed by atoms with Crippen LogP contribution >= 0.6 is 11.8 Å². The molecule has 0 saturated carbocycles. The Balaban J connectivity index is 1.08. The topological polar surface area (TPSA) is 15.3 Å². The maximum absolute atomic E-state index is 3.91. The van der Waals surface area contributed by atoms with E-state index >= 15 is 0 Å². The zero-order chi connectivity index (χ0) is 36.3. The van der Waals surface area contributed by atoms with Crippen molar-refractivity contribution in [3.63, 3.8) is 0 Å². The molecule has 54 heavy (non-hydrogen) atoms. The normalized spacial score (nSPS) is 20.6. The number of allylic oxidation sites excluding steroid dienone is 4.